The molecular formula is C18H11F5N2OS. The number of aromatic nitrogens is 1. The zero-order valence-corrected chi connectivity index (χ0v) is 14.3. The van der Waals surface area contributed by atoms with Crippen LogP contribution in [0.15, 0.2) is 48.7 Å². The van der Waals surface area contributed by atoms with Crippen molar-refractivity contribution in [1.82, 2.24) is 4.98 Å². The second-order valence-corrected chi connectivity index (χ2v) is 6.56. The summed E-state index contributed by atoms with van der Waals surface area (Å²) in [6.45, 7) is 0.0107. The van der Waals surface area contributed by atoms with E-state index in [1.807, 2.05) is 0 Å². The van der Waals surface area contributed by atoms with Gasteiger partial charge in [0.25, 0.3) is 0 Å². The lowest BCUT2D eigenvalue weighted by molar-refractivity contribution is -0.137. The molecule has 1 N–H and O–H groups in total. The molecule has 0 aliphatic rings. The van der Waals surface area contributed by atoms with E-state index in [1.165, 1.54) is 18.3 Å². The molecule has 0 amide bonds. The van der Waals surface area contributed by atoms with Gasteiger partial charge < -0.3 is 5.32 Å². The Morgan fingerprint density at radius 3 is 2.59 bits per heavy atom. The molecule has 0 saturated heterocycles. The van der Waals surface area contributed by atoms with Crippen molar-refractivity contribution in [2.45, 2.75) is 12.7 Å². The van der Waals surface area contributed by atoms with Gasteiger partial charge in [0.05, 0.1) is 16.6 Å². The van der Waals surface area contributed by atoms with Gasteiger partial charge in [-0.2, -0.15) is 13.2 Å². The molecule has 1 heterocycles. The number of halogens is 5. The van der Waals surface area contributed by atoms with E-state index in [1.54, 1.807) is 0 Å². The van der Waals surface area contributed by atoms with E-state index in [0.717, 1.165) is 41.7 Å². The Morgan fingerprint density at radius 2 is 1.89 bits per heavy atom. The van der Waals surface area contributed by atoms with Crippen LogP contribution in [0, 0.1) is 11.6 Å². The molecule has 3 nitrogen and oxygen atoms in total. The fraction of sp³-hybridized carbons (Fsp3) is 0.111. The molecule has 0 bridgehead atoms. The summed E-state index contributed by atoms with van der Waals surface area (Å²) in [5, 5.41) is 3.08. The number of carbonyl (C=O) groups is 1. The Hall–Kier alpha value is -2.81. The van der Waals surface area contributed by atoms with Gasteiger partial charge in [-0.05, 0) is 18.2 Å². The zero-order valence-electron chi connectivity index (χ0n) is 13.5. The molecule has 0 unspecified atom stereocenters. The number of hydrogen-bond donors (Lipinski definition) is 1. The van der Waals surface area contributed by atoms with Crippen LogP contribution in [0.2, 0.25) is 0 Å². The fourth-order valence-corrected chi connectivity index (χ4v) is 3.05. The number of nitrogens with zero attached hydrogens (tertiary/aromatic N) is 1. The van der Waals surface area contributed by atoms with Crippen LogP contribution in [0.1, 0.15) is 26.4 Å². The molecule has 0 aliphatic carbocycles. The predicted octanol–water partition coefficient (Wildman–Crippen LogP) is 5.28. The van der Waals surface area contributed by atoms with Crippen LogP contribution < -0.4 is 5.32 Å². The number of anilines is 1. The van der Waals surface area contributed by atoms with Gasteiger partial charge in [0, 0.05) is 23.7 Å². The predicted molar refractivity (Wildman–Crippen MR) is 90.7 cm³/mol. The summed E-state index contributed by atoms with van der Waals surface area (Å²) >= 11 is 0.928. The quantitative estimate of drug-likeness (QED) is 0.470. The van der Waals surface area contributed by atoms with Crippen LogP contribution in [0.4, 0.5) is 27.1 Å². The maximum absolute atomic E-state index is 13.6. The number of carbonyl (C=O) groups excluding carboxylic acids is 1. The van der Waals surface area contributed by atoms with Crippen LogP contribution in [0.5, 0.6) is 0 Å². The van der Waals surface area contributed by atoms with Gasteiger partial charge in [-0.3, -0.25) is 4.79 Å². The molecule has 0 radical (unpaired) electrons. The second-order valence-electron chi connectivity index (χ2n) is 5.53. The monoisotopic (exact) mass is 398 g/mol. The SMILES string of the molecule is O=C(c1cccc(C(F)(F)F)c1)c1cnc(NCc2ccc(F)cc2F)s1. The first-order chi connectivity index (χ1) is 12.7. The Balaban J connectivity index is 1.73. The van der Waals surface area contributed by atoms with Crippen molar-refractivity contribution in [3.63, 3.8) is 0 Å². The lowest BCUT2D eigenvalue weighted by atomic mass is 10.1. The second kappa shape index (κ2) is 7.43. The molecule has 0 aliphatic heterocycles. The summed E-state index contributed by atoms with van der Waals surface area (Å²) < 4.78 is 64.8. The van der Waals surface area contributed by atoms with Crippen molar-refractivity contribution in [3.05, 3.63) is 81.9 Å². The topological polar surface area (TPSA) is 42.0 Å². The van der Waals surface area contributed by atoms with Crippen LogP contribution in [-0.2, 0) is 12.7 Å². The van der Waals surface area contributed by atoms with Gasteiger partial charge >= 0.3 is 6.18 Å². The van der Waals surface area contributed by atoms with Crippen molar-refractivity contribution in [1.29, 1.82) is 0 Å². The van der Waals surface area contributed by atoms with E-state index in [2.05, 4.69) is 10.3 Å². The number of thiazole rings is 1. The molecule has 1 aromatic heterocycles. The molecule has 3 rings (SSSR count). The van der Waals surface area contributed by atoms with E-state index in [-0.39, 0.29) is 27.7 Å². The highest BCUT2D eigenvalue weighted by Crippen LogP contribution is 2.30. The summed E-state index contributed by atoms with van der Waals surface area (Å²) in [5.41, 5.74) is -0.815. The first kappa shape index (κ1) is 19.0. The molecule has 9 heteroatoms. The van der Waals surface area contributed by atoms with Crippen LogP contribution in [0.25, 0.3) is 0 Å². The molecule has 0 atom stereocenters. The number of rotatable bonds is 5. The van der Waals surface area contributed by atoms with Crippen molar-refractivity contribution in [2.24, 2.45) is 0 Å². The van der Waals surface area contributed by atoms with Crippen LogP contribution in [0.3, 0.4) is 0 Å². The number of hydrogen-bond acceptors (Lipinski definition) is 4. The maximum atomic E-state index is 13.6. The maximum Gasteiger partial charge on any atom is 0.416 e. The van der Waals surface area contributed by atoms with Crippen molar-refractivity contribution in [2.75, 3.05) is 5.32 Å². The highest BCUT2D eigenvalue weighted by atomic mass is 32.1. The molecule has 0 saturated carbocycles. The van der Waals surface area contributed by atoms with Gasteiger partial charge in [0.15, 0.2) is 5.13 Å². The third-order valence-electron chi connectivity index (χ3n) is 3.63. The van der Waals surface area contributed by atoms with Gasteiger partial charge in [-0.15, -0.1) is 0 Å². The van der Waals surface area contributed by atoms with E-state index >= 15 is 0 Å². The Kier molecular flexibility index (Phi) is 5.22. The van der Waals surface area contributed by atoms with Crippen molar-refractivity contribution in [3.8, 4) is 0 Å². The van der Waals surface area contributed by atoms with Gasteiger partial charge in [0.1, 0.15) is 11.6 Å². The molecule has 27 heavy (non-hydrogen) atoms. The summed E-state index contributed by atoms with van der Waals surface area (Å²) in [6, 6.07) is 7.26. The minimum absolute atomic E-state index is 0.0107. The summed E-state index contributed by atoms with van der Waals surface area (Å²) in [5.74, 6) is -2.02. The Bertz CT molecular complexity index is 984. The van der Waals surface area contributed by atoms with E-state index in [0.29, 0.717) is 0 Å². The average molecular weight is 398 g/mol. The molecular weight excluding hydrogens is 387 g/mol. The van der Waals surface area contributed by atoms with Crippen LogP contribution in [-0.4, -0.2) is 10.8 Å². The lowest BCUT2D eigenvalue weighted by Crippen LogP contribution is -2.07. The molecule has 0 fully saturated rings. The van der Waals surface area contributed by atoms with E-state index < -0.39 is 29.2 Å². The third-order valence-corrected chi connectivity index (χ3v) is 4.58. The van der Waals surface area contributed by atoms with Crippen molar-refractivity contribution < 1.29 is 26.7 Å². The molecule has 140 valence electrons. The summed E-state index contributed by atoms with van der Waals surface area (Å²) in [7, 11) is 0. The average Bonchev–Trinajstić information content (AvgIpc) is 3.09. The minimum Gasteiger partial charge on any atom is -0.357 e. The fourth-order valence-electron chi connectivity index (χ4n) is 2.28. The molecule has 0 spiro atoms. The third kappa shape index (κ3) is 4.48. The summed E-state index contributed by atoms with van der Waals surface area (Å²) in [6.07, 6.45) is -3.31. The zero-order chi connectivity index (χ0) is 19.6. The van der Waals surface area contributed by atoms with Gasteiger partial charge in [0.2, 0.25) is 5.78 Å². The number of nitrogens with one attached hydrogen (secondary N) is 1. The normalized spacial score (nSPS) is 11.4. The molecule has 3 aromatic rings. The number of benzene rings is 2. The Labute approximate surface area is 154 Å². The lowest BCUT2D eigenvalue weighted by Gasteiger charge is -2.07. The standard InChI is InChI=1S/C18H11F5N2OS/c19-13-5-4-11(14(20)7-13)8-24-17-25-9-15(27-17)16(26)10-2-1-3-12(6-10)18(21,22)23/h1-7,9H,8H2,(H,24,25). The van der Waals surface area contributed by atoms with Crippen molar-refractivity contribution >= 4 is 22.3 Å². The molecule has 2 aromatic carbocycles. The highest BCUT2D eigenvalue weighted by Gasteiger charge is 2.31. The smallest absolute Gasteiger partial charge is 0.357 e. The largest absolute Gasteiger partial charge is 0.416 e. The van der Waals surface area contributed by atoms with E-state index in [9.17, 15) is 26.7 Å². The van der Waals surface area contributed by atoms with E-state index in [4.69, 9.17) is 0 Å². The number of ketones is 1. The van der Waals surface area contributed by atoms with Gasteiger partial charge in [-0.1, -0.05) is 29.5 Å². The van der Waals surface area contributed by atoms with Gasteiger partial charge in [-0.25, -0.2) is 13.8 Å². The first-order valence-electron chi connectivity index (χ1n) is 7.59. The Morgan fingerprint density at radius 1 is 1.11 bits per heavy atom. The first-order valence-corrected chi connectivity index (χ1v) is 8.41. The summed E-state index contributed by atoms with van der Waals surface area (Å²) in [4.78, 5) is 16.5. The number of alkyl halides is 3. The van der Waals surface area contributed by atoms with Crippen LogP contribution >= 0.6 is 11.3 Å². The highest BCUT2D eigenvalue weighted by molar-refractivity contribution is 7.17. The minimum atomic E-state index is -4.55.